The third kappa shape index (κ3) is 2.21. The van der Waals surface area contributed by atoms with E-state index in [1.54, 1.807) is 17.2 Å². The Morgan fingerprint density at radius 2 is 2.11 bits per heavy atom. The number of carbonyl (C=O) groups excluding carboxylic acids is 2. The number of nitrogens with zero attached hydrogens (tertiary/aromatic N) is 2. The van der Waals surface area contributed by atoms with Gasteiger partial charge in [-0.1, -0.05) is 12.1 Å². The number of benzene rings is 1. The van der Waals surface area contributed by atoms with Crippen LogP contribution in [-0.4, -0.2) is 34.7 Å². The largest absolute Gasteiger partial charge is 0.331 e. The molecule has 1 amide bonds. The number of piperidine rings is 1. The minimum absolute atomic E-state index is 0.0772. The zero-order chi connectivity index (χ0) is 13.2. The average Bonchev–Trinajstić information content (AvgIpc) is 2.46. The molecular formula is C15H14N2O2. The molecule has 1 aromatic carbocycles. The lowest BCUT2D eigenvalue weighted by molar-refractivity contribution is -0.121. The fourth-order valence-corrected chi connectivity index (χ4v) is 2.47. The van der Waals surface area contributed by atoms with Gasteiger partial charge in [0.05, 0.1) is 12.1 Å². The van der Waals surface area contributed by atoms with Gasteiger partial charge in [0, 0.05) is 30.1 Å². The molecule has 3 rings (SSSR count). The summed E-state index contributed by atoms with van der Waals surface area (Å²) in [6, 6.07) is 9.22. The van der Waals surface area contributed by atoms with Gasteiger partial charge in [0.25, 0.3) is 5.91 Å². The summed E-state index contributed by atoms with van der Waals surface area (Å²) in [5, 5.41) is 0.841. The number of hydrogen-bond donors (Lipinski definition) is 0. The lowest BCUT2D eigenvalue weighted by Gasteiger charge is -2.26. The number of rotatable bonds is 1. The molecule has 0 bridgehead atoms. The van der Waals surface area contributed by atoms with E-state index in [-0.39, 0.29) is 18.2 Å². The average molecular weight is 254 g/mol. The second-order valence-corrected chi connectivity index (χ2v) is 4.74. The molecule has 0 radical (unpaired) electrons. The molecule has 0 N–H and O–H groups in total. The van der Waals surface area contributed by atoms with Gasteiger partial charge < -0.3 is 4.90 Å². The highest BCUT2D eigenvalue weighted by molar-refractivity contribution is 6.07. The van der Waals surface area contributed by atoms with Crippen molar-refractivity contribution in [2.45, 2.75) is 12.8 Å². The van der Waals surface area contributed by atoms with E-state index in [4.69, 9.17) is 0 Å². The van der Waals surface area contributed by atoms with Gasteiger partial charge in [0.15, 0.2) is 5.78 Å². The zero-order valence-electron chi connectivity index (χ0n) is 10.5. The SMILES string of the molecule is O=C1CCCN(C(=O)c2cccc3ncccc23)C1. The number of Topliss-reactive ketones (excluding diaryl/α,β-unsaturated/α-hetero) is 1. The normalized spacial score (nSPS) is 15.8. The second kappa shape index (κ2) is 4.80. The maximum atomic E-state index is 12.5. The summed E-state index contributed by atoms with van der Waals surface area (Å²) < 4.78 is 0. The van der Waals surface area contributed by atoms with E-state index in [0.29, 0.717) is 18.5 Å². The first-order chi connectivity index (χ1) is 9.25. The molecule has 0 spiro atoms. The van der Waals surface area contributed by atoms with E-state index in [9.17, 15) is 9.59 Å². The summed E-state index contributed by atoms with van der Waals surface area (Å²) in [4.78, 5) is 29.9. The van der Waals surface area contributed by atoms with Gasteiger partial charge >= 0.3 is 0 Å². The van der Waals surface area contributed by atoms with E-state index in [2.05, 4.69) is 4.98 Å². The van der Waals surface area contributed by atoms with Crippen molar-refractivity contribution in [3.63, 3.8) is 0 Å². The fraction of sp³-hybridized carbons (Fsp3) is 0.267. The smallest absolute Gasteiger partial charge is 0.254 e. The van der Waals surface area contributed by atoms with E-state index in [0.717, 1.165) is 17.3 Å². The third-order valence-electron chi connectivity index (χ3n) is 3.41. The minimum Gasteiger partial charge on any atom is -0.331 e. The molecule has 96 valence electrons. The summed E-state index contributed by atoms with van der Waals surface area (Å²) >= 11 is 0. The standard InChI is InChI=1S/C15H14N2O2/c18-11-4-3-9-17(10-11)15(19)13-5-1-7-14-12(13)6-2-8-16-14/h1-2,5-8H,3-4,9-10H2. The maximum Gasteiger partial charge on any atom is 0.254 e. The summed E-state index contributed by atoms with van der Waals surface area (Å²) in [5.41, 5.74) is 1.43. The Morgan fingerprint density at radius 3 is 2.95 bits per heavy atom. The molecule has 0 atom stereocenters. The molecule has 1 fully saturated rings. The summed E-state index contributed by atoms with van der Waals surface area (Å²) in [6.07, 6.45) is 3.05. The van der Waals surface area contributed by atoms with Crippen LogP contribution in [0.15, 0.2) is 36.5 Å². The molecule has 0 saturated carbocycles. The van der Waals surface area contributed by atoms with Gasteiger partial charge in [-0.05, 0) is 24.6 Å². The van der Waals surface area contributed by atoms with E-state index in [1.807, 2.05) is 24.3 Å². The second-order valence-electron chi connectivity index (χ2n) is 4.74. The van der Waals surface area contributed by atoms with Crippen molar-refractivity contribution in [1.29, 1.82) is 0 Å². The molecule has 4 nitrogen and oxygen atoms in total. The van der Waals surface area contributed by atoms with Crippen LogP contribution in [0, 0.1) is 0 Å². The number of ketones is 1. The molecule has 2 aromatic rings. The van der Waals surface area contributed by atoms with Crippen LogP contribution in [0.1, 0.15) is 23.2 Å². The number of likely N-dealkylation sites (tertiary alicyclic amines) is 1. The van der Waals surface area contributed by atoms with Crippen molar-refractivity contribution in [1.82, 2.24) is 9.88 Å². The Labute approximate surface area is 111 Å². The highest BCUT2D eigenvalue weighted by Gasteiger charge is 2.23. The number of hydrogen-bond acceptors (Lipinski definition) is 3. The maximum absolute atomic E-state index is 12.5. The van der Waals surface area contributed by atoms with Crippen LogP contribution in [0.3, 0.4) is 0 Å². The highest BCUT2D eigenvalue weighted by Crippen LogP contribution is 2.19. The Hall–Kier alpha value is -2.23. The van der Waals surface area contributed by atoms with Crippen molar-refractivity contribution in [2.75, 3.05) is 13.1 Å². The van der Waals surface area contributed by atoms with Crippen LogP contribution >= 0.6 is 0 Å². The fourth-order valence-electron chi connectivity index (χ4n) is 2.47. The third-order valence-corrected chi connectivity index (χ3v) is 3.41. The topological polar surface area (TPSA) is 50.3 Å². The summed E-state index contributed by atoms with van der Waals surface area (Å²) in [5.74, 6) is 0.0598. The predicted octanol–water partition coefficient (Wildman–Crippen LogP) is 2.04. The summed E-state index contributed by atoms with van der Waals surface area (Å²) in [7, 11) is 0. The molecule has 1 aromatic heterocycles. The van der Waals surface area contributed by atoms with E-state index in [1.165, 1.54) is 0 Å². The first kappa shape index (κ1) is 11.8. The number of amides is 1. The van der Waals surface area contributed by atoms with Crippen molar-refractivity contribution in [3.05, 3.63) is 42.1 Å². The Kier molecular flexibility index (Phi) is 2.99. The van der Waals surface area contributed by atoms with Gasteiger partial charge in [-0.25, -0.2) is 0 Å². The zero-order valence-corrected chi connectivity index (χ0v) is 10.5. The van der Waals surface area contributed by atoms with Crippen LogP contribution in [0.5, 0.6) is 0 Å². The molecule has 19 heavy (non-hydrogen) atoms. The van der Waals surface area contributed by atoms with Crippen LogP contribution in [-0.2, 0) is 4.79 Å². The van der Waals surface area contributed by atoms with Crippen molar-refractivity contribution < 1.29 is 9.59 Å². The van der Waals surface area contributed by atoms with Crippen LogP contribution in [0.4, 0.5) is 0 Å². The molecule has 1 aliphatic rings. The first-order valence-corrected chi connectivity index (χ1v) is 6.40. The van der Waals surface area contributed by atoms with Crippen molar-refractivity contribution >= 4 is 22.6 Å². The van der Waals surface area contributed by atoms with Crippen molar-refractivity contribution in [2.24, 2.45) is 0 Å². The molecule has 1 aliphatic heterocycles. The molecule has 0 aliphatic carbocycles. The molecule has 4 heteroatoms. The van der Waals surface area contributed by atoms with Gasteiger partial charge in [-0.15, -0.1) is 0 Å². The molecule has 1 saturated heterocycles. The number of fused-ring (bicyclic) bond motifs is 1. The Balaban J connectivity index is 1.99. The van der Waals surface area contributed by atoms with Gasteiger partial charge in [0.2, 0.25) is 0 Å². The van der Waals surface area contributed by atoms with Crippen LogP contribution < -0.4 is 0 Å². The number of carbonyl (C=O) groups is 2. The lowest BCUT2D eigenvalue weighted by Crippen LogP contribution is -2.40. The van der Waals surface area contributed by atoms with E-state index >= 15 is 0 Å². The molecular weight excluding hydrogens is 240 g/mol. The Bertz CT molecular complexity index is 646. The first-order valence-electron chi connectivity index (χ1n) is 6.40. The monoisotopic (exact) mass is 254 g/mol. The molecule has 0 unspecified atom stereocenters. The lowest BCUT2D eigenvalue weighted by atomic mass is 10.0. The quantitative estimate of drug-likeness (QED) is 0.782. The minimum atomic E-state index is -0.0772. The van der Waals surface area contributed by atoms with Crippen LogP contribution in [0.2, 0.25) is 0 Å². The summed E-state index contributed by atoms with van der Waals surface area (Å²) in [6.45, 7) is 0.886. The number of pyridine rings is 1. The van der Waals surface area contributed by atoms with Crippen molar-refractivity contribution in [3.8, 4) is 0 Å². The van der Waals surface area contributed by atoms with Gasteiger partial charge in [0.1, 0.15) is 0 Å². The van der Waals surface area contributed by atoms with E-state index < -0.39 is 0 Å². The van der Waals surface area contributed by atoms with Gasteiger partial charge in [-0.2, -0.15) is 0 Å². The number of aromatic nitrogens is 1. The van der Waals surface area contributed by atoms with Gasteiger partial charge in [-0.3, -0.25) is 14.6 Å². The molecule has 2 heterocycles. The predicted molar refractivity (Wildman–Crippen MR) is 71.9 cm³/mol. The highest BCUT2D eigenvalue weighted by atomic mass is 16.2. The Morgan fingerprint density at radius 1 is 1.21 bits per heavy atom. The van der Waals surface area contributed by atoms with Crippen LogP contribution in [0.25, 0.3) is 10.9 Å².